The van der Waals surface area contributed by atoms with Gasteiger partial charge in [-0.15, -0.1) is 24.0 Å². The van der Waals surface area contributed by atoms with Gasteiger partial charge in [0.2, 0.25) is 0 Å². The number of nitrogens with one attached hydrogen (secondary N) is 2. The normalized spacial score (nSPS) is 21.9. The first-order chi connectivity index (χ1) is 13.5. The Morgan fingerprint density at radius 3 is 2.66 bits per heavy atom. The monoisotopic (exact) mass is 534 g/mol. The molecule has 1 aromatic carbocycles. The predicted molar refractivity (Wildman–Crippen MR) is 137 cm³/mol. The van der Waals surface area contributed by atoms with E-state index in [1.807, 2.05) is 6.92 Å². The second-order valence-electron chi connectivity index (χ2n) is 7.77. The molecule has 0 radical (unpaired) electrons. The maximum atomic E-state index is 12.2. The first-order valence-corrected chi connectivity index (χ1v) is 12.1. The third kappa shape index (κ3) is 9.34. The Balaban J connectivity index is 0.00000420. The zero-order chi connectivity index (χ0) is 20.4. The summed E-state index contributed by atoms with van der Waals surface area (Å²) in [6.45, 7) is 8.85. The van der Waals surface area contributed by atoms with Crippen molar-refractivity contribution in [2.75, 3.05) is 25.9 Å². The van der Waals surface area contributed by atoms with Crippen molar-refractivity contribution in [1.82, 2.24) is 15.5 Å². The Labute approximate surface area is 197 Å². The number of halogens is 1. The second-order valence-corrected chi connectivity index (χ2v) is 9.77. The molecule has 1 aromatic rings. The van der Waals surface area contributed by atoms with Crippen LogP contribution >= 0.6 is 24.0 Å². The Kier molecular flexibility index (Phi) is 13.1. The van der Waals surface area contributed by atoms with Crippen molar-refractivity contribution in [3.8, 4) is 0 Å². The van der Waals surface area contributed by atoms with Gasteiger partial charge in [-0.25, -0.2) is 0 Å². The van der Waals surface area contributed by atoms with Crippen LogP contribution in [0.2, 0.25) is 0 Å². The molecule has 1 aliphatic carbocycles. The Morgan fingerprint density at radius 2 is 2.00 bits per heavy atom. The highest BCUT2D eigenvalue weighted by Crippen LogP contribution is 2.23. The van der Waals surface area contributed by atoms with Crippen molar-refractivity contribution in [3.05, 3.63) is 35.9 Å². The maximum Gasteiger partial charge on any atom is 0.191 e. The molecule has 166 valence electrons. The van der Waals surface area contributed by atoms with Crippen molar-refractivity contribution < 1.29 is 4.21 Å². The Bertz CT molecular complexity index is 628. The number of rotatable bonds is 9. The van der Waals surface area contributed by atoms with Crippen LogP contribution in [-0.2, 0) is 17.3 Å². The molecule has 2 N–H and O–H groups in total. The number of guanidine groups is 1. The fourth-order valence-corrected chi connectivity index (χ4v) is 5.00. The summed E-state index contributed by atoms with van der Waals surface area (Å²) in [5.74, 6) is 1.65. The number of hydrogen-bond acceptors (Lipinski definition) is 3. The molecule has 0 bridgehead atoms. The van der Waals surface area contributed by atoms with E-state index in [-0.39, 0.29) is 24.0 Å². The highest BCUT2D eigenvalue weighted by atomic mass is 127. The largest absolute Gasteiger partial charge is 0.357 e. The molecule has 0 saturated heterocycles. The molecule has 0 amide bonds. The third-order valence-corrected chi connectivity index (χ3v) is 7.25. The summed E-state index contributed by atoms with van der Waals surface area (Å²) < 4.78 is 12.2. The van der Waals surface area contributed by atoms with Crippen LogP contribution in [-0.4, -0.2) is 58.3 Å². The van der Waals surface area contributed by atoms with Gasteiger partial charge in [-0.1, -0.05) is 43.7 Å². The van der Waals surface area contributed by atoms with Crippen LogP contribution in [0.3, 0.4) is 0 Å². The van der Waals surface area contributed by atoms with Crippen molar-refractivity contribution >= 4 is 40.7 Å². The average molecular weight is 535 g/mol. The van der Waals surface area contributed by atoms with Gasteiger partial charge in [-0.2, -0.15) is 0 Å². The van der Waals surface area contributed by atoms with Crippen LogP contribution in [0, 0.1) is 0 Å². The van der Waals surface area contributed by atoms with Crippen molar-refractivity contribution in [3.63, 3.8) is 0 Å². The van der Waals surface area contributed by atoms with E-state index in [0.717, 1.165) is 57.0 Å². The maximum absolute atomic E-state index is 12.2. The van der Waals surface area contributed by atoms with Gasteiger partial charge in [0.25, 0.3) is 0 Å². The molecule has 1 saturated carbocycles. The number of aliphatic imine (C=N–C) groups is 1. The molecule has 0 heterocycles. The summed E-state index contributed by atoms with van der Waals surface area (Å²) in [5, 5.41) is 7.30. The summed E-state index contributed by atoms with van der Waals surface area (Å²) >= 11 is 0. The molecule has 29 heavy (non-hydrogen) atoms. The van der Waals surface area contributed by atoms with Gasteiger partial charge in [0.05, 0.1) is 6.54 Å². The number of likely N-dealkylation sites (N-methyl/N-ethyl adjacent to an activating group) is 1. The molecule has 5 nitrogen and oxygen atoms in total. The van der Waals surface area contributed by atoms with E-state index in [0.29, 0.717) is 17.3 Å². The van der Waals surface area contributed by atoms with Gasteiger partial charge < -0.3 is 10.6 Å². The highest BCUT2D eigenvalue weighted by molar-refractivity contribution is 14.0. The van der Waals surface area contributed by atoms with Gasteiger partial charge in [0.1, 0.15) is 0 Å². The van der Waals surface area contributed by atoms with Crippen LogP contribution in [0.25, 0.3) is 0 Å². The first-order valence-electron chi connectivity index (χ1n) is 10.7. The predicted octanol–water partition coefficient (Wildman–Crippen LogP) is 3.76. The quantitative estimate of drug-likeness (QED) is 0.288. The first kappa shape index (κ1) is 26.4. The lowest BCUT2D eigenvalue weighted by Gasteiger charge is -2.30. The molecule has 4 atom stereocenters. The number of nitrogens with zero attached hydrogens (tertiary/aromatic N) is 2. The van der Waals surface area contributed by atoms with Crippen LogP contribution in [0.1, 0.15) is 52.0 Å². The molecular weight excluding hydrogens is 495 g/mol. The lowest BCUT2D eigenvalue weighted by atomic mass is 9.95. The molecule has 0 aromatic heterocycles. The minimum atomic E-state index is -0.696. The topological polar surface area (TPSA) is 56.7 Å². The molecule has 1 aliphatic rings. The van der Waals surface area contributed by atoms with E-state index in [2.05, 4.69) is 66.8 Å². The molecule has 4 unspecified atom stereocenters. The van der Waals surface area contributed by atoms with Crippen LogP contribution in [0.4, 0.5) is 0 Å². The highest BCUT2D eigenvalue weighted by Gasteiger charge is 2.26. The summed E-state index contributed by atoms with van der Waals surface area (Å²) in [7, 11) is 1.46. The molecule has 0 spiro atoms. The molecule has 7 heteroatoms. The average Bonchev–Trinajstić information content (AvgIpc) is 2.72. The Hall–Kier alpha value is -0.670. The van der Waals surface area contributed by atoms with Gasteiger partial charge in [-0.3, -0.25) is 14.1 Å². The SMILES string of the molecule is CCNC(=NCC(C)N(C)Cc1ccccc1)NC1CCCC(S(=O)CC)C1.I. The number of benzene rings is 1. The minimum absolute atomic E-state index is 0. The summed E-state index contributed by atoms with van der Waals surface area (Å²) in [6.07, 6.45) is 4.34. The minimum Gasteiger partial charge on any atom is -0.357 e. The summed E-state index contributed by atoms with van der Waals surface area (Å²) in [4.78, 5) is 7.17. The van der Waals surface area contributed by atoms with Gasteiger partial charge >= 0.3 is 0 Å². The van der Waals surface area contributed by atoms with Crippen molar-refractivity contribution in [2.45, 2.75) is 70.3 Å². The van der Waals surface area contributed by atoms with E-state index in [9.17, 15) is 4.21 Å². The summed E-state index contributed by atoms with van der Waals surface area (Å²) in [5.41, 5.74) is 1.32. The zero-order valence-corrected chi connectivity index (χ0v) is 21.5. The fraction of sp³-hybridized carbons (Fsp3) is 0.682. The van der Waals surface area contributed by atoms with E-state index in [1.54, 1.807) is 0 Å². The lowest BCUT2D eigenvalue weighted by Crippen LogP contribution is -2.47. The zero-order valence-electron chi connectivity index (χ0n) is 18.4. The second kappa shape index (κ2) is 14.4. The third-order valence-electron chi connectivity index (χ3n) is 5.51. The van der Waals surface area contributed by atoms with Gasteiger partial charge in [0, 0.05) is 47.0 Å². The van der Waals surface area contributed by atoms with Crippen molar-refractivity contribution in [1.29, 1.82) is 0 Å². The summed E-state index contributed by atoms with van der Waals surface area (Å²) in [6, 6.07) is 11.3. The standard InChI is InChI=1S/C22H38N4OS.HI/c1-5-23-22(25-20-13-10-14-21(15-20)28(27)6-2)24-16-18(3)26(4)17-19-11-8-7-9-12-19;/h7-9,11-12,18,20-21H,5-6,10,13-17H2,1-4H3,(H2,23,24,25);1H. The van der Waals surface area contributed by atoms with Crippen LogP contribution < -0.4 is 10.6 Å². The van der Waals surface area contributed by atoms with E-state index in [4.69, 9.17) is 4.99 Å². The lowest BCUT2D eigenvalue weighted by molar-refractivity contribution is 0.255. The Morgan fingerprint density at radius 1 is 1.28 bits per heavy atom. The van der Waals surface area contributed by atoms with Gasteiger partial charge in [0.15, 0.2) is 5.96 Å². The van der Waals surface area contributed by atoms with Crippen LogP contribution in [0.15, 0.2) is 35.3 Å². The van der Waals surface area contributed by atoms with Gasteiger partial charge in [-0.05, 0) is 45.7 Å². The molecule has 1 fully saturated rings. The van der Waals surface area contributed by atoms with E-state index >= 15 is 0 Å². The molecule has 2 rings (SSSR count). The number of hydrogen-bond donors (Lipinski definition) is 2. The fourth-order valence-electron chi connectivity index (χ4n) is 3.65. The molecular formula is C22H39IN4OS. The molecule has 0 aliphatic heterocycles. The van der Waals surface area contributed by atoms with E-state index < -0.39 is 10.8 Å². The smallest absolute Gasteiger partial charge is 0.191 e. The van der Waals surface area contributed by atoms with Crippen LogP contribution in [0.5, 0.6) is 0 Å². The van der Waals surface area contributed by atoms with Crippen molar-refractivity contribution in [2.24, 2.45) is 4.99 Å². The van der Waals surface area contributed by atoms with E-state index in [1.165, 1.54) is 5.56 Å².